The molecular formula is C4H8BrF. The molecule has 0 heterocycles. The van der Waals surface area contributed by atoms with Crippen LogP contribution in [-0.2, 0) is 0 Å². The van der Waals surface area contributed by atoms with Gasteiger partial charge in [0, 0.05) is 5.33 Å². The fraction of sp³-hybridized carbons (Fsp3) is 1.00. The Morgan fingerprint density at radius 3 is 2.33 bits per heavy atom. The van der Waals surface area contributed by atoms with Gasteiger partial charge >= 0.3 is 0 Å². The highest BCUT2D eigenvalue weighted by atomic mass is 79.9. The summed E-state index contributed by atoms with van der Waals surface area (Å²) in [6, 6.07) is 0. The fourth-order valence-electron chi connectivity index (χ4n) is 0.150. The third-order valence-electron chi connectivity index (χ3n) is 0.507. The molecule has 0 aromatic carbocycles. The van der Waals surface area contributed by atoms with Gasteiger partial charge in [-0.3, -0.25) is 0 Å². The SMILES string of the molecule is C[C@@H](F)CCBr. The zero-order valence-corrected chi connectivity index (χ0v) is 5.33. The Labute approximate surface area is 45.9 Å². The third-order valence-corrected chi connectivity index (χ3v) is 0.965. The Hall–Kier alpha value is 0.410. The number of alkyl halides is 2. The van der Waals surface area contributed by atoms with Gasteiger partial charge in [-0.15, -0.1) is 0 Å². The maximum absolute atomic E-state index is 11.7. The van der Waals surface area contributed by atoms with Gasteiger partial charge in [-0.2, -0.15) is 0 Å². The quantitative estimate of drug-likeness (QED) is 0.535. The van der Waals surface area contributed by atoms with E-state index < -0.39 is 6.17 Å². The molecule has 0 saturated heterocycles. The molecule has 0 aromatic rings. The zero-order chi connectivity index (χ0) is 4.99. The first kappa shape index (κ1) is 6.41. The second-order valence-electron chi connectivity index (χ2n) is 1.26. The van der Waals surface area contributed by atoms with Crippen LogP contribution in [0.1, 0.15) is 13.3 Å². The van der Waals surface area contributed by atoms with Crippen LogP contribution in [0.25, 0.3) is 0 Å². The number of rotatable bonds is 2. The van der Waals surface area contributed by atoms with Crippen LogP contribution >= 0.6 is 15.9 Å². The fourth-order valence-corrected chi connectivity index (χ4v) is 0.781. The largest absolute Gasteiger partial charge is 0.248 e. The highest BCUT2D eigenvalue weighted by molar-refractivity contribution is 9.09. The van der Waals surface area contributed by atoms with Crippen molar-refractivity contribution in [3.8, 4) is 0 Å². The van der Waals surface area contributed by atoms with Crippen molar-refractivity contribution in [3.05, 3.63) is 0 Å². The summed E-state index contributed by atoms with van der Waals surface area (Å²) in [5, 5.41) is 0.769. The van der Waals surface area contributed by atoms with Crippen molar-refractivity contribution >= 4 is 15.9 Å². The van der Waals surface area contributed by atoms with Crippen molar-refractivity contribution in [2.24, 2.45) is 0 Å². The molecule has 6 heavy (non-hydrogen) atoms. The molecule has 1 atom stereocenters. The van der Waals surface area contributed by atoms with E-state index in [9.17, 15) is 4.39 Å². The molecule has 0 aliphatic carbocycles. The minimum absolute atomic E-state index is 0.625. The van der Waals surface area contributed by atoms with E-state index in [1.165, 1.54) is 0 Å². The smallest absolute Gasteiger partial charge is 0.0981 e. The Kier molecular flexibility index (Phi) is 3.84. The first-order chi connectivity index (χ1) is 2.77. The highest BCUT2D eigenvalue weighted by Gasteiger charge is 1.91. The van der Waals surface area contributed by atoms with Gasteiger partial charge in [0.1, 0.15) is 0 Å². The molecule has 0 aliphatic heterocycles. The maximum atomic E-state index is 11.7. The Morgan fingerprint density at radius 2 is 2.33 bits per heavy atom. The number of hydrogen-bond acceptors (Lipinski definition) is 0. The molecule has 0 aromatic heterocycles. The standard InChI is InChI=1S/C4H8BrF/c1-4(6)2-3-5/h4H,2-3H2,1H3/t4-/m1/s1. The van der Waals surface area contributed by atoms with E-state index in [-0.39, 0.29) is 0 Å². The molecule has 2 heteroatoms. The molecule has 0 spiro atoms. The van der Waals surface area contributed by atoms with E-state index in [2.05, 4.69) is 15.9 Å². The third kappa shape index (κ3) is 4.41. The van der Waals surface area contributed by atoms with Crippen LogP contribution in [0, 0.1) is 0 Å². The van der Waals surface area contributed by atoms with Gasteiger partial charge in [0.05, 0.1) is 6.17 Å². The lowest BCUT2D eigenvalue weighted by molar-refractivity contribution is 0.355. The minimum atomic E-state index is -0.649. The van der Waals surface area contributed by atoms with Gasteiger partial charge in [-0.05, 0) is 13.3 Å². The van der Waals surface area contributed by atoms with E-state index >= 15 is 0 Å². The number of hydrogen-bond donors (Lipinski definition) is 0. The van der Waals surface area contributed by atoms with Gasteiger partial charge in [-0.25, -0.2) is 4.39 Å². The van der Waals surface area contributed by atoms with Gasteiger partial charge in [0.2, 0.25) is 0 Å². The molecule has 0 rings (SSSR count). The monoisotopic (exact) mass is 154 g/mol. The summed E-state index contributed by atoms with van der Waals surface area (Å²) < 4.78 is 11.7. The summed E-state index contributed by atoms with van der Waals surface area (Å²) in [5.41, 5.74) is 0. The summed E-state index contributed by atoms with van der Waals surface area (Å²) in [6.45, 7) is 1.56. The van der Waals surface area contributed by atoms with Crippen molar-refractivity contribution in [2.45, 2.75) is 19.5 Å². The van der Waals surface area contributed by atoms with Crippen molar-refractivity contribution in [1.82, 2.24) is 0 Å². The molecule has 0 bridgehead atoms. The van der Waals surface area contributed by atoms with E-state index in [0.29, 0.717) is 6.42 Å². The van der Waals surface area contributed by atoms with Crippen molar-refractivity contribution < 1.29 is 4.39 Å². The van der Waals surface area contributed by atoms with Crippen molar-refractivity contribution in [1.29, 1.82) is 0 Å². The molecule has 38 valence electrons. The van der Waals surface area contributed by atoms with Crippen LogP contribution in [0.2, 0.25) is 0 Å². The van der Waals surface area contributed by atoms with Gasteiger partial charge < -0.3 is 0 Å². The van der Waals surface area contributed by atoms with Crippen molar-refractivity contribution in [3.63, 3.8) is 0 Å². The normalized spacial score (nSPS) is 14.5. The molecule has 0 amide bonds. The van der Waals surface area contributed by atoms with E-state index in [1.807, 2.05) is 0 Å². The first-order valence-corrected chi connectivity index (χ1v) is 3.09. The van der Waals surface area contributed by atoms with Crippen LogP contribution in [0.15, 0.2) is 0 Å². The topological polar surface area (TPSA) is 0 Å². The average molecular weight is 155 g/mol. The lowest BCUT2D eigenvalue weighted by Crippen LogP contribution is -1.90. The summed E-state index contributed by atoms with van der Waals surface area (Å²) >= 11 is 3.11. The minimum Gasteiger partial charge on any atom is -0.248 e. The summed E-state index contributed by atoms with van der Waals surface area (Å²) in [6.07, 6.45) is -0.0237. The second-order valence-corrected chi connectivity index (χ2v) is 2.05. The molecule has 0 fully saturated rings. The van der Waals surface area contributed by atoms with Crippen molar-refractivity contribution in [2.75, 3.05) is 5.33 Å². The summed E-state index contributed by atoms with van der Waals surface area (Å²) in [4.78, 5) is 0. The first-order valence-electron chi connectivity index (χ1n) is 1.97. The Morgan fingerprint density at radius 1 is 1.83 bits per heavy atom. The molecule has 0 unspecified atom stereocenters. The van der Waals surface area contributed by atoms with E-state index in [1.54, 1.807) is 6.92 Å². The predicted molar refractivity (Wildman–Crippen MR) is 29.0 cm³/mol. The molecular weight excluding hydrogens is 147 g/mol. The second kappa shape index (κ2) is 3.59. The van der Waals surface area contributed by atoms with Gasteiger partial charge in [0.15, 0.2) is 0 Å². The summed E-state index contributed by atoms with van der Waals surface area (Å²) in [5.74, 6) is 0. The van der Waals surface area contributed by atoms with Crippen LogP contribution in [0.5, 0.6) is 0 Å². The average Bonchev–Trinajstić information content (AvgIpc) is 1.35. The lowest BCUT2D eigenvalue weighted by atomic mass is 10.3. The van der Waals surface area contributed by atoms with Crippen LogP contribution < -0.4 is 0 Å². The van der Waals surface area contributed by atoms with E-state index in [0.717, 1.165) is 5.33 Å². The molecule has 0 nitrogen and oxygen atoms in total. The maximum Gasteiger partial charge on any atom is 0.0981 e. The van der Waals surface area contributed by atoms with Gasteiger partial charge in [-0.1, -0.05) is 15.9 Å². The van der Waals surface area contributed by atoms with Crippen LogP contribution in [-0.4, -0.2) is 11.5 Å². The molecule has 0 aliphatic rings. The van der Waals surface area contributed by atoms with E-state index in [4.69, 9.17) is 0 Å². The predicted octanol–water partition coefficient (Wildman–Crippen LogP) is 2.13. The summed E-state index contributed by atoms with van der Waals surface area (Å²) in [7, 11) is 0. The molecule has 0 radical (unpaired) electrons. The highest BCUT2D eigenvalue weighted by Crippen LogP contribution is 1.97. The zero-order valence-electron chi connectivity index (χ0n) is 3.75. The van der Waals surface area contributed by atoms with Gasteiger partial charge in [0.25, 0.3) is 0 Å². The molecule has 0 saturated carbocycles. The number of halogens is 2. The Bertz CT molecular complexity index is 28.7. The van der Waals surface area contributed by atoms with Crippen LogP contribution in [0.4, 0.5) is 4.39 Å². The van der Waals surface area contributed by atoms with Crippen LogP contribution in [0.3, 0.4) is 0 Å². The lowest BCUT2D eigenvalue weighted by Gasteiger charge is -1.90. The molecule has 0 N–H and O–H groups in total. The Balaban J connectivity index is 2.63.